The Bertz CT molecular complexity index is 539. The molecule has 20 heavy (non-hydrogen) atoms. The molecule has 0 aliphatic carbocycles. The summed E-state index contributed by atoms with van der Waals surface area (Å²) < 4.78 is 0. The Kier molecular flexibility index (Phi) is 4.93. The lowest BCUT2D eigenvalue weighted by Gasteiger charge is -2.18. The Balaban J connectivity index is 2.10. The van der Waals surface area contributed by atoms with Crippen molar-refractivity contribution in [3.63, 3.8) is 0 Å². The molecule has 0 saturated heterocycles. The predicted octanol–water partition coefficient (Wildman–Crippen LogP) is 3.24. The minimum absolute atomic E-state index is 0.701. The monoisotopic (exact) mass is 270 g/mol. The van der Waals surface area contributed by atoms with Crippen molar-refractivity contribution in [1.82, 2.24) is 9.97 Å². The van der Waals surface area contributed by atoms with Crippen LogP contribution in [0.25, 0.3) is 0 Å². The summed E-state index contributed by atoms with van der Waals surface area (Å²) in [6, 6.07) is 12.3. The molecule has 106 valence electrons. The molecule has 4 nitrogen and oxygen atoms in total. The van der Waals surface area contributed by atoms with Crippen LogP contribution in [-0.4, -0.2) is 23.6 Å². The molecule has 0 aliphatic heterocycles. The highest BCUT2D eigenvalue weighted by atomic mass is 15.1. The Morgan fingerprint density at radius 1 is 1.15 bits per heavy atom. The van der Waals surface area contributed by atoms with Crippen LogP contribution in [0.15, 0.2) is 36.4 Å². The summed E-state index contributed by atoms with van der Waals surface area (Å²) in [4.78, 5) is 11.2. The maximum Gasteiger partial charge on any atom is 0.150 e. The Morgan fingerprint density at radius 2 is 1.90 bits per heavy atom. The molecule has 1 N–H and O–H groups in total. The van der Waals surface area contributed by atoms with Gasteiger partial charge in [0.05, 0.1) is 6.54 Å². The molecule has 2 aromatic rings. The second kappa shape index (κ2) is 6.89. The van der Waals surface area contributed by atoms with Gasteiger partial charge in [0.1, 0.15) is 11.6 Å². The molecule has 0 bridgehead atoms. The van der Waals surface area contributed by atoms with E-state index in [9.17, 15) is 0 Å². The zero-order valence-corrected chi connectivity index (χ0v) is 12.4. The highest BCUT2D eigenvalue weighted by molar-refractivity contribution is 5.45. The van der Waals surface area contributed by atoms with Crippen LogP contribution in [0.5, 0.6) is 0 Å². The van der Waals surface area contributed by atoms with Gasteiger partial charge in [0, 0.05) is 31.0 Å². The molecule has 2 rings (SSSR count). The zero-order valence-electron chi connectivity index (χ0n) is 12.4. The smallest absolute Gasteiger partial charge is 0.150 e. The molecule has 0 amide bonds. The summed E-state index contributed by atoms with van der Waals surface area (Å²) in [5.41, 5.74) is 2.16. The Morgan fingerprint density at radius 3 is 2.60 bits per heavy atom. The first kappa shape index (κ1) is 14.3. The van der Waals surface area contributed by atoms with Gasteiger partial charge >= 0.3 is 0 Å². The molecule has 1 heterocycles. The van der Waals surface area contributed by atoms with Crippen molar-refractivity contribution in [1.29, 1.82) is 0 Å². The number of aryl methyl sites for hydroxylation is 1. The maximum absolute atomic E-state index is 4.57. The third kappa shape index (κ3) is 3.95. The summed E-state index contributed by atoms with van der Waals surface area (Å²) in [5.74, 6) is 1.76. The fourth-order valence-electron chi connectivity index (χ4n) is 2.03. The first-order valence-corrected chi connectivity index (χ1v) is 7.03. The van der Waals surface area contributed by atoms with Gasteiger partial charge in [-0.1, -0.05) is 25.1 Å². The summed E-state index contributed by atoms with van der Waals surface area (Å²) >= 11 is 0. The molecule has 0 fully saturated rings. The number of hydrogen-bond donors (Lipinski definition) is 1. The minimum Gasteiger partial charge on any atom is -0.370 e. The Hall–Kier alpha value is -2.10. The molecule has 0 radical (unpaired) electrons. The number of para-hydroxylation sites is 1. The van der Waals surface area contributed by atoms with Crippen molar-refractivity contribution in [3.8, 4) is 0 Å². The maximum atomic E-state index is 4.57. The third-order valence-electron chi connectivity index (χ3n) is 3.03. The van der Waals surface area contributed by atoms with Crippen molar-refractivity contribution in [2.75, 3.05) is 23.8 Å². The summed E-state index contributed by atoms with van der Waals surface area (Å²) in [6.45, 7) is 5.78. The quantitative estimate of drug-likeness (QED) is 0.875. The van der Waals surface area contributed by atoms with E-state index in [4.69, 9.17) is 0 Å². The van der Waals surface area contributed by atoms with Crippen molar-refractivity contribution in [3.05, 3.63) is 47.9 Å². The highest BCUT2D eigenvalue weighted by Gasteiger charge is 2.06. The minimum atomic E-state index is 0.701. The topological polar surface area (TPSA) is 41.1 Å². The molecule has 0 aliphatic rings. The van der Waals surface area contributed by atoms with E-state index in [0.717, 1.165) is 30.3 Å². The van der Waals surface area contributed by atoms with Crippen LogP contribution >= 0.6 is 0 Å². The van der Waals surface area contributed by atoms with E-state index in [1.807, 2.05) is 31.2 Å². The highest BCUT2D eigenvalue weighted by Crippen LogP contribution is 2.14. The van der Waals surface area contributed by atoms with Gasteiger partial charge < -0.3 is 10.2 Å². The van der Waals surface area contributed by atoms with Gasteiger partial charge in [-0.2, -0.15) is 0 Å². The molecule has 0 unspecified atom stereocenters. The normalized spacial score (nSPS) is 10.3. The number of nitrogens with zero attached hydrogens (tertiary/aromatic N) is 3. The van der Waals surface area contributed by atoms with E-state index in [-0.39, 0.29) is 0 Å². The Labute approximate surface area is 120 Å². The van der Waals surface area contributed by atoms with E-state index in [1.165, 1.54) is 5.69 Å². The second-order valence-electron chi connectivity index (χ2n) is 4.93. The fraction of sp³-hybridized carbons (Fsp3) is 0.375. The molecule has 0 spiro atoms. The summed E-state index contributed by atoms with van der Waals surface area (Å²) in [6.07, 6.45) is 1.09. The first-order chi connectivity index (χ1) is 9.69. The van der Waals surface area contributed by atoms with E-state index < -0.39 is 0 Å². The molecule has 1 aromatic heterocycles. The average Bonchev–Trinajstić information content (AvgIpc) is 2.45. The van der Waals surface area contributed by atoms with E-state index in [2.05, 4.69) is 46.3 Å². The van der Waals surface area contributed by atoms with Crippen molar-refractivity contribution >= 4 is 11.5 Å². The summed E-state index contributed by atoms with van der Waals surface area (Å²) in [5, 5.41) is 3.32. The standard InChI is InChI=1S/C16H22N4/c1-4-10-17-15-11-13(2)18-16(19-15)12-20(3)14-8-6-5-7-9-14/h5-9,11H,4,10,12H2,1-3H3,(H,17,18,19). The molecular weight excluding hydrogens is 248 g/mol. The van der Waals surface area contributed by atoms with E-state index in [0.29, 0.717) is 6.54 Å². The van der Waals surface area contributed by atoms with E-state index >= 15 is 0 Å². The number of nitrogens with one attached hydrogen (secondary N) is 1. The first-order valence-electron chi connectivity index (χ1n) is 7.03. The number of aromatic nitrogens is 2. The number of rotatable bonds is 6. The number of anilines is 2. The van der Waals surface area contributed by atoms with Crippen LogP contribution in [0.4, 0.5) is 11.5 Å². The van der Waals surface area contributed by atoms with Gasteiger partial charge in [-0.05, 0) is 25.5 Å². The fourth-order valence-corrected chi connectivity index (χ4v) is 2.03. The molecule has 4 heteroatoms. The van der Waals surface area contributed by atoms with Gasteiger partial charge in [0.15, 0.2) is 0 Å². The SMILES string of the molecule is CCCNc1cc(C)nc(CN(C)c2ccccc2)n1. The third-order valence-corrected chi connectivity index (χ3v) is 3.03. The van der Waals surface area contributed by atoms with Crippen molar-refractivity contribution < 1.29 is 0 Å². The summed E-state index contributed by atoms with van der Waals surface area (Å²) in [7, 11) is 2.06. The lowest BCUT2D eigenvalue weighted by atomic mass is 10.3. The van der Waals surface area contributed by atoms with Gasteiger partial charge in [0.2, 0.25) is 0 Å². The lowest BCUT2D eigenvalue weighted by molar-refractivity contribution is 0.826. The van der Waals surface area contributed by atoms with Crippen LogP contribution in [0.1, 0.15) is 24.9 Å². The number of hydrogen-bond acceptors (Lipinski definition) is 4. The molecule has 1 aromatic carbocycles. The molecule has 0 saturated carbocycles. The lowest BCUT2D eigenvalue weighted by Crippen LogP contribution is -2.19. The average molecular weight is 270 g/mol. The van der Waals surface area contributed by atoms with Gasteiger partial charge in [-0.15, -0.1) is 0 Å². The van der Waals surface area contributed by atoms with Crippen molar-refractivity contribution in [2.24, 2.45) is 0 Å². The second-order valence-corrected chi connectivity index (χ2v) is 4.93. The van der Waals surface area contributed by atoms with Crippen LogP contribution < -0.4 is 10.2 Å². The van der Waals surface area contributed by atoms with Gasteiger partial charge in [-0.25, -0.2) is 9.97 Å². The van der Waals surface area contributed by atoms with Gasteiger partial charge in [-0.3, -0.25) is 0 Å². The largest absolute Gasteiger partial charge is 0.370 e. The van der Waals surface area contributed by atoms with Crippen LogP contribution in [0, 0.1) is 6.92 Å². The predicted molar refractivity (Wildman–Crippen MR) is 84.1 cm³/mol. The van der Waals surface area contributed by atoms with Crippen LogP contribution in [-0.2, 0) is 6.54 Å². The van der Waals surface area contributed by atoms with Crippen LogP contribution in [0.2, 0.25) is 0 Å². The van der Waals surface area contributed by atoms with E-state index in [1.54, 1.807) is 0 Å². The van der Waals surface area contributed by atoms with Crippen LogP contribution in [0.3, 0.4) is 0 Å². The zero-order chi connectivity index (χ0) is 14.4. The van der Waals surface area contributed by atoms with Crippen molar-refractivity contribution in [2.45, 2.75) is 26.8 Å². The molecule has 0 atom stereocenters. The number of benzene rings is 1. The molecular formula is C16H22N4. The van der Waals surface area contributed by atoms with Gasteiger partial charge in [0.25, 0.3) is 0 Å².